The summed E-state index contributed by atoms with van der Waals surface area (Å²) < 4.78 is 0. The number of pyridine rings is 1. The van der Waals surface area contributed by atoms with E-state index in [9.17, 15) is 4.79 Å². The Morgan fingerprint density at radius 1 is 1.27 bits per heavy atom. The number of para-hydroxylation sites is 1. The quantitative estimate of drug-likeness (QED) is 0.721. The van der Waals surface area contributed by atoms with E-state index in [1.165, 1.54) is 0 Å². The zero-order valence-corrected chi connectivity index (χ0v) is 13.3. The van der Waals surface area contributed by atoms with Gasteiger partial charge in [0.05, 0.1) is 16.1 Å². The van der Waals surface area contributed by atoms with E-state index < -0.39 is 0 Å². The van der Waals surface area contributed by atoms with Gasteiger partial charge in [0.15, 0.2) is 5.78 Å². The maximum atomic E-state index is 12.7. The standard InChI is InChI=1S/C18H18N2OS/c1-12(11-19)9-17(21)14-10-16(18-7-4-8-22-18)20-15-6-3-2-5-13(14)15/h2-8,10,12H,9,11,19H2,1H3. The van der Waals surface area contributed by atoms with Gasteiger partial charge in [-0.15, -0.1) is 11.3 Å². The first-order chi connectivity index (χ1) is 10.7. The minimum absolute atomic E-state index is 0.134. The van der Waals surface area contributed by atoms with Gasteiger partial charge in [-0.2, -0.15) is 0 Å². The van der Waals surface area contributed by atoms with Crippen LogP contribution in [0.4, 0.5) is 0 Å². The second-order valence-corrected chi connectivity index (χ2v) is 6.47. The first-order valence-electron chi connectivity index (χ1n) is 7.36. The normalized spacial score (nSPS) is 12.5. The molecule has 0 aliphatic rings. The van der Waals surface area contributed by atoms with Crippen LogP contribution in [0.15, 0.2) is 47.8 Å². The summed E-state index contributed by atoms with van der Waals surface area (Å²) in [5.41, 5.74) is 8.12. The third-order valence-electron chi connectivity index (χ3n) is 3.73. The van der Waals surface area contributed by atoms with Gasteiger partial charge >= 0.3 is 0 Å². The number of nitrogens with two attached hydrogens (primary N) is 1. The topological polar surface area (TPSA) is 56.0 Å². The number of thiophene rings is 1. The Bertz CT molecular complexity index is 796. The van der Waals surface area contributed by atoms with E-state index in [-0.39, 0.29) is 11.7 Å². The number of carbonyl (C=O) groups excluding carboxylic acids is 1. The van der Waals surface area contributed by atoms with Crippen LogP contribution >= 0.6 is 11.3 Å². The molecule has 3 rings (SSSR count). The molecule has 0 saturated heterocycles. The zero-order chi connectivity index (χ0) is 15.5. The fourth-order valence-electron chi connectivity index (χ4n) is 2.47. The van der Waals surface area contributed by atoms with Crippen molar-refractivity contribution in [3.63, 3.8) is 0 Å². The van der Waals surface area contributed by atoms with E-state index in [0.717, 1.165) is 27.0 Å². The fraction of sp³-hybridized carbons (Fsp3) is 0.222. The van der Waals surface area contributed by atoms with Crippen LogP contribution in [-0.2, 0) is 0 Å². The molecule has 112 valence electrons. The molecule has 22 heavy (non-hydrogen) atoms. The molecule has 0 aliphatic heterocycles. The van der Waals surface area contributed by atoms with E-state index >= 15 is 0 Å². The van der Waals surface area contributed by atoms with Gasteiger partial charge in [0.2, 0.25) is 0 Å². The summed E-state index contributed by atoms with van der Waals surface area (Å²) in [5.74, 6) is 0.318. The molecule has 3 aromatic rings. The highest BCUT2D eigenvalue weighted by Gasteiger charge is 2.16. The maximum Gasteiger partial charge on any atom is 0.163 e. The molecule has 0 spiro atoms. The third kappa shape index (κ3) is 2.93. The summed E-state index contributed by atoms with van der Waals surface area (Å²) in [6.45, 7) is 2.52. The number of aromatic nitrogens is 1. The minimum atomic E-state index is 0.134. The number of ketones is 1. The molecule has 1 unspecified atom stereocenters. The number of benzene rings is 1. The SMILES string of the molecule is CC(CN)CC(=O)c1cc(-c2cccs2)nc2ccccc12. The molecular weight excluding hydrogens is 292 g/mol. The Morgan fingerprint density at radius 2 is 2.09 bits per heavy atom. The monoisotopic (exact) mass is 310 g/mol. The van der Waals surface area contributed by atoms with Gasteiger partial charge in [-0.1, -0.05) is 31.2 Å². The van der Waals surface area contributed by atoms with Crippen LogP contribution in [0.2, 0.25) is 0 Å². The molecule has 0 radical (unpaired) electrons. The van der Waals surface area contributed by atoms with Crippen LogP contribution in [0.3, 0.4) is 0 Å². The highest BCUT2D eigenvalue weighted by atomic mass is 32.1. The Kier molecular flexibility index (Phi) is 4.32. The summed E-state index contributed by atoms with van der Waals surface area (Å²) in [6.07, 6.45) is 0.467. The smallest absolute Gasteiger partial charge is 0.163 e. The van der Waals surface area contributed by atoms with Crippen molar-refractivity contribution in [1.29, 1.82) is 0 Å². The van der Waals surface area contributed by atoms with E-state index in [1.54, 1.807) is 11.3 Å². The highest BCUT2D eigenvalue weighted by molar-refractivity contribution is 7.13. The maximum absolute atomic E-state index is 12.7. The summed E-state index contributed by atoms with van der Waals surface area (Å²) in [5, 5.41) is 2.93. The number of nitrogens with zero attached hydrogens (tertiary/aromatic N) is 1. The van der Waals surface area contributed by atoms with E-state index in [4.69, 9.17) is 10.7 Å². The Hall–Kier alpha value is -2.04. The number of Topliss-reactive ketones (excluding diaryl/α,β-unsaturated/α-hetero) is 1. The first-order valence-corrected chi connectivity index (χ1v) is 8.24. The van der Waals surface area contributed by atoms with Crippen molar-refractivity contribution >= 4 is 28.0 Å². The van der Waals surface area contributed by atoms with Crippen molar-refractivity contribution in [2.45, 2.75) is 13.3 Å². The van der Waals surface area contributed by atoms with Crippen LogP contribution in [0.5, 0.6) is 0 Å². The number of carbonyl (C=O) groups is 1. The summed E-state index contributed by atoms with van der Waals surface area (Å²) in [6, 6.07) is 13.7. The van der Waals surface area contributed by atoms with Crippen LogP contribution in [0.25, 0.3) is 21.5 Å². The second-order valence-electron chi connectivity index (χ2n) is 5.52. The molecule has 1 aromatic carbocycles. The largest absolute Gasteiger partial charge is 0.330 e. The zero-order valence-electron chi connectivity index (χ0n) is 12.5. The molecule has 0 saturated carbocycles. The number of fused-ring (bicyclic) bond motifs is 1. The molecule has 3 nitrogen and oxygen atoms in total. The first kappa shape index (κ1) is 14.9. The molecule has 0 fully saturated rings. The van der Waals surface area contributed by atoms with Crippen LogP contribution in [0.1, 0.15) is 23.7 Å². The molecule has 0 aliphatic carbocycles. The fourth-order valence-corrected chi connectivity index (χ4v) is 3.15. The van der Waals surface area contributed by atoms with Gasteiger partial charge in [-0.3, -0.25) is 4.79 Å². The number of rotatable bonds is 5. The molecule has 0 bridgehead atoms. The Balaban J connectivity index is 2.12. The molecule has 0 amide bonds. The van der Waals surface area contributed by atoms with Gasteiger partial charge in [-0.05, 0) is 36.0 Å². The van der Waals surface area contributed by atoms with Gasteiger partial charge in [-0.25, -0.2) is 4.98 Å². The highest BCUT2D eigenvalue weighted by Crippen LogP contribution is 2.28. The van der Waals surface area contributed by atoms with Crippen molar-refractivity contribution in [3.8, 4) is 10.6 Å². The lowest BCUT2D eigenvalue weighted by molar-refractivity contribution is 0.0967. The van der Waals surface area contributed by atoms with Crippen LogP contribution < -0.4 is 5.73 Å². The third-order valence-corrected chi connectivity index (χ3v) is 4.62. The molecular formula is C18H18N2OS. The van der Waals surface area contributed by atoms with Gasteiger partial charge < -0.3 is 5.73 Å². The van der Waals surface area contributed by atoms with Crippen LogP contribution in [0, 0.1) is 5.92 Å². The second kappa shape index (κ2) is 6.38. The Morgan fingerprint density at radius 3 is 2.82 bits per heavy atom. The number of hydrogen-bond acceptors (Lipinski definition) is 4. The lowest BCUT2D eigenvalue weighted by Gasteiger charge is -2.11. The van der Waals surface area contributed by atoms with Gasteiger partial charge in [0.1, 0.15) is 0 Å². The van der Waals surface area contributed by atoms with Gasteiger partial charge in [0, 0.05) is 17.4 Å². The molecule has 4 heteroatoms. The lowest BCUT2D eigenvalue weighted by Crippen LogP contribution is -2.15. The average Bonchev–Trinajstić information content (AvgIpc) is 3.08. The van der Waals surface area contributed by atoms with Crippen molar-refractivity contribution in [2.75, 3.05) is 6.54 Å². The number of hydrogen-bond donors (Lipinski definition) is 1. The van der Waals surface area contributed by atoms with Crippen molar-refractivity contribution in [3.05, 3.63) is 53.4 Å². The summed E-state index contributed by atoms with van der Waals surface area (Å²) in [4.78, 5) is 18.4. The Labute approximate surface area is 133 Å². The molecule has 2 N–H and O–H groups in total. The van der Waals surface area contributed by atoms with E-state index in [0.29, 0.717) is 13.0 Å². The minimum Gasteiger partial charge on any atom is -0.330 e. The summed E-state index contributed by atoms with van der Waals surface area (Å²) >= 11 is 1.63. The predicted molar refractivity (Wildman–Crippen MR) is 92.2 cm³/mol. The van der Waals surface area contributed by atoms with E-state index in [1.807, 2.05) is 54.8 Å². The van der Waals surface area contributed by atoms with Crippen molar-refractivity contribution in [1.82, 2.24) is 4.98 Å². The van der Waals surface area contributed by atoms with E-state index in [2.05, 4.69) is 0 Å². The molecule has 1 atom stereocenters. The van der Waals surface area contributed by atoms with Crippen molar-refractivity contribution in [2.24, 2.45) is 11.7 Å². The average molecular weight is 310 g/mol. The molecule has 2 aromatic heterocycles. The van der Waals surface area contributed by atoms with Crippen molar-refractivity contribution < 1.29 is 4.79 Å². The predicted octanol–water partition coefficient (Wildman–Crippen LogP) is 4.13. The lowest BCUT2D eigenvalue weighted by atomic mass is 9.96. The van der Waals surface area contributed by atoms with Gasteiger partial charge in [0.25, 0.3) is 0 Å². The van der Waals surface area contributed by atoms with Crippen LogP contribution in [-0.4, -0.2) is 17.3 Å². The summed E-state index contributed by atoms with van der Waals surface area (Å²) in [7, 11) is 0. The molecule has 2 heterocycles.